The van der Waals surface area contributed by atoms with E-state index in [1.807, 2.05) is 0 Å². The average Bonchev–Trinajstić information content (AvgIpc) is 3.43. The lowest BCUT2D eigenvalue weighted by atomic mass is 10.0. The number of esters is 3. The number of hydrogen-bond donors (Lipinski definition) is 0. The number of carbonyl (C=O) groups excluding carboxylic acids is 3. The van der Waals surface area contributed by atoms with Crippen molar-refractivity contribution in [2.75, 3.05) is 13.2 Å². The lowest BCUT2D eigenvalue weighted by Gasteiger charge is -2.18. The van der Waals surface area contributed by atoms with Gasteiger partial charge in [0.1, 0.15) is 13.2 Å². The van der Waals surface area contributed by atoms with E-state index in [2.05, 4.69) is 130 Å². The fourth-order valence-corrected chi connectivity index (χ4v) is 8.92. The molecule has 0 amide bonds. The second kappa shape index (κ2) is 64.6. The summed E-state index contributed by atoms with van der Waals surface area (Å²) in [6, 6.07) is 0. The largest absolute Gasteiger partial charge is 0.462 e. The van der Waals surface area contributed by atoms with E-state index in [-0.39, 0.29) is 31.1 Å². The first kappa shape index (κ1) is 73.1. The molecule has 1 unspecified atom stereocenters. The number of carbonyl (C=O) groups is 3. The molecule has 0 aromatic heterocycles. The molecule has 0 aliphatic heterocycles. The van der Waals surface area contributed by atoms with Gasteiger partial charge in [-0.05, 0) is 109 Å². The molecule has 0 N–H and O–H groups in total. The maximum Gasteiger partial charge on any atom is 0.306 e. The van der Waals surface area contributed by atoms with Crippen LogP contribution in [-0.4, -0.2) is 37.2 Å². The number of ether oxygens (including phenoxy) is 3. The Hall–Kier alpha value is -3.93. The van der Waals surface area contributed by atoms with E-state index < -0.39 is 6.10 Å². The maximum absolute atomic E-state index is 12.9. The molecule has 6 nitrogen and oxygen atoms in total. The van der Waals surface area contributed by atoms with Gasteiger partial charge in [0.05, 0.1) is 0 Å². The third-order valence-corrected chi connectivity index (χ3v) is 13.8. The smallest absolute Gasteiger partial charge is 0.306 e. The Kier molecular flexibility index (Phi) is 61.3. The molecule has 0 radical (unpaired) electrons. The topological polar surface area (TPSA) is 78.9 Å². The molecule has 6 heteroatoms. The molecular formula is C71H120O6. The number of unbranched alkanes of at least 4 members (excludes halogenated alkanes) is 29. The van der Waals surface area contributed by atoms with Gasteiger partial charge in [0, 0.05) is 19.3 Å². The average molecular weight is 1070 g/mol. The van der Waals surface area contributed by atoms with E-state index in [0.717, 1.165) is 116 Å². The Labute approximate surface area is 476 Å². The van der Waals surface area contributed by atoms with Crippen molar-refractivity contribution in [3.63, 3.8) is 0 Å². The molecule has 0 saturated carbocycles. The molecule has 77 heavy (non-hydrogen) atoms. The van der Waals surface area contributed by atoms with Crippen LogP contribution < -0.4 is 0 Å². The van der Waals surface area contributed by atoms with Crippen LogP contribution >= 0.6 is 0 Å². The Morgan fingerprint density at radius 1 is 0.273 bits per heavy atom. The lowest BCUT2D eigenvalue weighted by Crippen LogP contribution is -2.30. The van der Waals surface area contributed by atoms with Crippen LogP contribution in [0.1, 0.15) is 303 Å². The zero-order valence-electron chi connectivity index (χ0n) is 50.4. The molecule has 1 atom stereocenters. The van der Waals surface area contributed by atoms with E-state index in [1.165, 1.54) is 148 Å². The van der Waals surface area contributed by atoms with Gasteiger partial charge >= 0.3 is 17.9 Å². The van der Waals surface area contributed by atoms with Gasteiger partial charge in [-0.15, -0.1) is 0 Å². The van der Waals surface area contributed by atoms with Gasteiger partial charge in [0.25, 0.3) is 0 Å². The molecule has 0 aliphatic carbocycles. The minimum absolute atomic E-state index is 0.0890. The monoisotopic (exact) mass is 1070 g/mol. The van der Waals surface area contributed by atoms with Crippen LogP contribution in [0, 0.1) is 0 Å². The molecule has 0 aliphatic rings. The molecule has 0 saturated heterocycles. The highest BCUT2D eigenvalue weighted by Gasteiger charge is 2.19. The fraction of sp³-hybridized carbons (Fsp3) is 0.704. The van der Waals surface area contributed by atoms with Crippen molar-refractivity contribution in [1.82, 2.24) is 0 Å². The van der Waals surface area contributed by atoms with E-state index in [0.29, 0.717) is 19.3 Å². The SMILES string of the molecule is CC/C=C\C/C=C\C/C=C\C/C=C\C/C=C\C/C=C\C/C=C\CCCCCC(=O)OCC(COC(=O)CCCCCCCCCCCCCCCCC)OC(=O)CCCCCCCCCCC/C=C\C/C=C\CCCCC. The first-order valence-corrected chi connectivity index (χ1v) is 32.4. The third kappa shape index (κ3) is 62.8. The first-order valence-electron chi connectivity index (χ1n) is 32.4. The summed E-state index contributed by atoms with van der Waals surface area (Å²) < 4.78 is 16.9. The minimum Gasteiger partial charge on any atom is -0.462 e. The normalized spacial score (nSPS) is 12.8. The van der Waals surface area contributed by atoms with Crippen molar-refractivity contribution in [3.8, 4) is 0 Å². The lowest BCUT2D eigenvalue weighted by molar-refractivity contribution is -0.167. The van der Waals surface area contributed by atoms with E-state index in [1.54, 1.807) is 0 Å². The zero-order valence-corrected chi connectivity index (χ0v) is 50.4. The van der Waals surface area contributed by atoms with E-state index >= 15 is 0 Å². The van der Waals surface area contributed by atoms with Gasteiger partial charge in [-0.3, -0.25) is 14.4 Å². The highest BCUT2D eigenvalue weighted by Crippen LogP contribution is 2.16. The summed E-state index contributed by atoms with van der Waals surface area (Å²) in [7, 11) is 0. The fourth-order valence-electron chi connectivity index (χ4n) is 8.92. The summed E-state index contributed by atoms with van der Waals surface area (Å²) in [4.78, 5) is 38.3. The Morgan fingerprint density at radius 3 is 0.831 bits per heavy atom. The molecule has 0 spiro atoms. The molecule has 440 valence electrons. The van der Waals surface area contributed by atoms with Crippen LogP contribution in [0.2, 0.25) is 0 Å². The maximum atomic E-state index is 12.9. The predicted molar refractivity (Wildman–Crippen MR) is 334 cm³/mol. The van der Waals surface area contributed by atoms with Crippen molar-refractivity contribution >= 4 is 17.9 Å². The van der Waals surface area contributed by atoms with E-state index in [4.69, 9.17) is 14.2 Å². The van der Waals surface area contributed by atoms with Crippen LogP contribution in [0.15, 0.2) is 109 Å². The molecule has 0 aromatic carbocycles. The summed E-state index contributed by atoms with van der Waals surface area (Å²) in [5, 5.41) is 0. The quantitative estimate of drug-likeness (QED) is 0.0261. The van der Waals surface area contributed by atoms with Crippen LogP contribution in [0.5, 0.6) is 0 Å². The standard InChI is InChI=1S/C71H120O6/c1-4-7-10-13-16-19-22-25-28-30-32-33-34-35-36-37-39-40-43-46-49-52-55-58-61-64-70(73)76-67-68(66-75-69(72)63-60-57-54-51-48-45-42-27-24-21-18-15-12-9-6-3)77-71(74)65-62-59-56-53-50-47-44-41-38-31-29-26-23-20-17-14-11-8-5-2/h7,10,16-17,19-20,25-26,28-29,32-33,35-36,39-40,46,49,68H,4-6,8-9,11-15,18,21-24,27,30-31,34,37-38,41-45,47-48,50-67H2,1-3H3/b10-7-,19-16-,20-17-,28-25-,29-26-,33-32-,36-35-,40-39-,49-46-. The van der Waals surface area contributed by atoms with Crippen molar-refractivity contribution in [2.24, 2.45) is 0 Å². The van der Waals surface area contributed by atoms with Gasteiger partial charge in [-0.2, -0.15) is 0 Å². The predicted octanol–water partition coefficient (Wildman–Crippen LogP) is 22.2. The Bertz CT molecular complexity index is 1560. The molecule has 0 fully saturated rings. The van der Waals surface area contributed by atoms with Crippen molar-refractivity contribution < 1.29 is 28.6 Å². The molecule has 0 rings (SSSR count). The van der Waals surface area contributed by atoms with Gasteiger partial charge in [-0.25, -0.2) is 0 Å². The van der Waals surface area contributed by atoms with Gasteiger partial charge in [-0.1, -0.05) is 284 Å². The number of rotatable bonds is 58. The number of allylic oxidation sites excluding steroid dienone is 18. The van der Waals surface area contributed by atoms with Crippen molar-refractivity contribution in [3.05, 3.63) is 109 Å². The summed E-state index contributed by atoms with van der Waals surface area (Å²) in [6.07, 6.45) is 88.0. The minimum atomic E-state index is -0.796. The number of hydrogen-bond acceptors (Lipinski definition) is 6. The summed E-state index contributed by atoms with van der Waals surface area (Å²) in [6.45, 7) is 6.50. The zero-order chi connectivity index (χ0) is 55.7. The van der Waals surface area contributed by atoms with Crippen molar-refractivity contribution in [2.45, 2.75) is 309 Å². The second-order valence-corrected chi connectivity index (χ2v) is 21.3. The van der Waals surface area contributed by atoms with Crippen molar-refractivity contribution in [1.29, 1.82) is 0 Å². The van der Waals surface area contributed by atoms with Gasteiger partial charge in [0.2, 0.25) is 0 Å². The van der Waals surface area contributed by atoms with Crippen LogP contribution in [0.25, 0.3) is 0 Å². The van der Waals surface area contributed by atoms with Gasteiger partial charge < -0.3 is 14.2 Å². The first-order chi connectivity index (χ1) is 38.0. The molecule has 0 bridgehead atoms. The summed E-state index contributed by atoms with van der Waals surface area (Å²) in [5.41, 5.74) is 0. The van der Waals surface area contributed by atoms with Gasteiger partial charge in [0.15, 0.2) is 6.10 Å². The summed E-state index contributed by atoms with van der Waals surface area (Å²) >= 11 is 0. The Balaban J connectivity index is 4.44. The van der Waals surface area contributed by atoms with Crippen LogP contribution in [0.4, 0.5) is 0 Å². The van der Waals surface area contributed by atoms with E-state index in [9.17, 15) is 14.4 Å². The Morgan fingerprint density at radius 2 is 0.506 bits per heavy atom. The molecular weight excluding hydrogens is 949 g/mol. The second-order valence-electron chi connectivity index (χ2n) is 21.3. The highest BCUT2D eigenvalue weighted by molar-refractivity contribution is 5.71. The van der Waals surface area contributed by atoms with Crippen LogP contribution in [0.3, 0.4) is 0 Å². The van der Waals surface area contributed by atoms with Crippen LogP contribution in [-0.2, 0) is 28.6 Å². The highest BCUT2D eigenvalue weighted by atomic mass is 16.6. The molecule has 0 aromatic rings. The summed E-state index contributed by atoms with van der Waals surface area (Å²) in [5.74, 6) is -0.918. The third-order valence-electron chi connectivity index (χ3n) is 13.8. The molecule has 0 heterocycles.